The fourth-order valence-corrected chi connectivity index (χ4v) is 3.03. The van der Waals surface area contributed by atoms with Gasteiger partial charge in [-0.05, 0) is 43.9 Å². The number of hydrogen-bond acceptors (Lipinski definition) is 1. The van der Waals surface area contributed by atoms with Gasteiger partial charge in [0, 0.05) is 12.2 Å². The maximum atomic E-state index is 12.7. The minimum atomic E-state index is -0.00240. The van der Waals surface area contributed by atoms with Gasteiger partial charge in [-0.25, -0.2) is 4.79 Å². The van der Waals surface area contributed by atoms with Crippen LogP contribution in [0.5, 0.6) is 0 Å². The number of hydrogen-bond donors (Lipinski definition) is 1. The molecular weight excluding hydrogens is 272 g/mol. The standard InChI is InChI=1S/C19H22N2O/c1-15-10-12-17(13-11-15)20-19(22)21-14-6-5-9-18(21)16-7-3-2-4-8-16/h2-4,7-8,10-13,18H,5-6,9,14H2,1H3,(H,20,22). The molecule has 0 spiro atoms. The van der Waals surface area contributed by atoms with Crippen molar-refractivity contribution in [1.82, 2.24) is 4.90 Å². The average molecular weight is 294 g/mol. The van der Waals surface area contributed by atoms with Gasteiger partial charge in [-0.2, -0.15) is 0 Å². The number of aryl methyl sites for hydroxylation is 1. The number of anilines is 1. The van der Waals surface area contributed by atoms with Crippen LogP contribution >= 0.6 is 0 Å². The highest BCUT2D eigenvalue weighted by molar-refractivity contribution is 5.89. The summed E-state index contributed by atoms with van der Waals surface area (Å²) < 4.78 is 0. The lowest BCUT2D eigenvalue weighted by molar-refractivity contribution is 0.163. The number of carbonyl (C=O) groups is 1. The summed E-state index contributed by atoms with van der Waals surface area (Å²) in [6.07, 6.45) is 3.28. The van der Waals surface area contributed by atoms with Gasteiger partial charge in [0.25, 0.3) is 0 Å². The van der Waals surface area contributed by atoms with Gasteiger partial charge in [-0.15, -0.1) is 0 Å². The van der Waals surface area contributed by atoms with Crippen LogP contribution in [0.3, 0.4) is 0 Å². The Hall–Kier alpha value is -2.29. The summed E-state index contributed by atoms with van der Waals surface area (Å²) in [6, 6.07) is 18.4. The van der Waals surface area contributed by atoms with Gasteiger partial charge >= 0.3 is 6.03 Å². The highest BCUT2D eigenvalue weighted by atomic mass is 16.2. The molecule has 2 aromatic rings. The van der Waals surface area contributed by atoms with Crippen LogP contribution in [0.2, 0.25) is 0 Å². The average Bonchev–Trinajstić information content (AvgIpc) is 2.58. The molecule has 0 aliphatic carbocycles. The largest absolute Gasteiger partial charge is 0.322 e. The molecule has 0 radical (unpaired) electrons. The van der Waals surface area contributed by atoms with Gasteiger partial charge in [-0.3, -0.25) is 0 Å². The molecule has 0 aromatic heterocycles. The Kier molecular flexibility index (Phi) is 4.42. The van der Waals surface area contributed by atoms with Crippen molar-refractivity contribution >= 4 is 11.7 Å². The fourth-order valence-electron chi connectivity index (χ4n) is 3.03. The van der Waals surface area contributed by atoms with E-state index in [9.17, 15) is 4.79 Å². The molecule has 0 saturated carbocycles. The zero-order chi connectivity index (χ0) is 15.4. The number of carbonyl (C=O) groups excluding carboxylic acids is 1. The van der Waals surface area contributed by atoms with Crippen LogP contribution in [-0.4, -0.2) is 17.5 Å². The van der Waals surface area contributed by atoms with E-state index in [4.69, 9.17) is 0 Å². The van der Waals surface area contributed by atoms with Crippen molar-refractivity contribution < 1.29 is 4.79 Å². The number of piperidine rings is 1. The highest BCUT2D eigenvalue weighted by Gasteiger charge is 2.27. The Bertz CT molecular complexity index is 622. The number of nitrogens with one attached hydrogen (secondary N) is 1. The van der Waals surface area contributed by atoms with Crippen LogP contribution in [0.4, 0.5) is 10.5 Å². The van der Waals surface area contributed by atoms with Crippen molar-refractivity contribution in [3.63, 3.8) is 0 Å². The zero-order valence-electron chi connectivity index (χ0n) is 13.0. The number of benzene rings is 2. The van der Waals surface area contributed by atoms with E-state index in [-0.39, 0.29) is 12.1 Å². The Morgan fingerprint density at radius 1 is 1.05 bits per heavy atom. The van der Waals surface area contributed by atoms with Crippen molar-refractivity contribution in [1.29, 1.82) is 0 Å². The summed E-state index contributed by atoms with van der Waals surface area (Å²) in [5.74, 6) is 0. The van der Waals surface area contributed by atoms with Crippen molar-refractivity contribution in [3.8, 4) is 0 Å². The van der Waals surface area contributed by atoms with Crippen LogP contribution in [0, 0.1) is 6.92 Å². The Morgan fingerprint density at radius 3 is 2.50 bits per heavy atom. The maximum absolute atomic E-state index is 12.7. The third-order valence-corrected chi connectivity index (χ3v) is 4.25. The van der Waals surface area contributed by atoms with Gasteiger partial charge in [-0.1, -0.05) is 48.0 Å². The summed E-state index contributed by atoms with van der Waals surface area (Å²) in [5, 5.41) is 3.03. The summed E-state index contributed by atoms with van der Waals surface area (Å²) in [6.45, 7) is 2.86. The minimum absolute atomic E-state index is 0.00240. The number of rotatable bonds is 2. The molecule has 3 rings (SSSR count). The van der Waals surface area contributed by atoms with Gasteiger partial charge in [0.2, 0.25) is 0 Å². The SMILES string of the molecule is Cc1ccc(NC(=O)N2CCCCC2c2ccccc2)cc1. The molecule has 3 heteroatoms. The lowest BCUT2D eigenvalue weighted by atomic mass is 9.95. The van der Waals surface area contributed by atoms with Crippen LogP contribution in [-0.2, 0) is 0 Å². The normalized spacial score (nSPS) is 18.0. The first-order chi connectivity index (χ1) is 10.7. The summed E-state index contributed by atoms with van der Waals surface area (Å²) in [5.41, 5.74) is 3.27. The molecule has 1 fully saturated rings. The topological polar surface area (TPSA) is 32.3 Å². The molecule has 22 heavy (non-hydrogen) atoms. The molecule has 2 aromatic carbocycles. The van der Waals surface area contributed by atoms with E-state index >= 15 is 0 Å². The van der Waals surface area contributed by atoms with Gasteiger partial charge < -0.3 is 10.2 Å². The van der Waals surface area contributed by atoms with Crippen molar-refractivity contribution in [2.24, 2.45) is 0 Å². The van der Waals surface area contributed by atoms with E-state index < -0.39 is 0 Å². The maximum Gasteiger partial charge on any atom is 0.322 e. The van der Waals surface area contributed by atoms with Crippen LogP contribution in [0.1, 0.15) is 36.4 Å². The molecule has 1 atom stereocenters. The number of amides is 2. The monoisotopic (exact) mass is 294 g/mol. The molecule has 1 aliphatic rings. The van der Waals surface area contributed by atoms with Gasteiger partial charge in [0.1, 0.15) is 0 Å². The third kappa shape index (κ3) is 3.30. The number of likely N-dealkylation sites (tertiary alicyclic amines) is 1. The molecule has 3 nitrogen and oxygen atoms in total. The third-order valence-electron chi connectivity index (χ3n) is 4.25. The summed E-state index contributed by atoms with van der Waals surface area (Å²) >= 11 is 0. The van der Waals surface area contributed by atoms with E-state index in [0.29, 0.717) is 0 Å². The predicted octanol–water partition coefficient (Wildman–Crippen LogP) is 4.75. The molecule has 1 N–H and O–H groups in total. The minimum Gasteiger partial charge on any atom is -0.317 e. The lowest BCUT2D eigenvalue weighted by Gasteiger charge is -2.36. The van der Waals surface area contributed by atoms with Crippen LogP contribution in [0.25, 0.3) is 0 Å². The molecule has 0 bridgehead atoms. The second-order valence-corrected chi connectivity index (χ2v) is 5.91. The van der Waals surface area contributed by atoms with Gasteiger partial charge in [0.05, 0.1) is 6.04 Å². The molecule has 1 heterocycles. The van der Waals surface area contributed by atoms with E-state index in [1.165, 1.54) is 17.5 Å². The van der Waals surface area contributed by atoms with Crippen molar-refractivity contribution in [2.45, 2.75) is 32.2 Å². The molecule has 1 unspecified atom stereocenters. The fraction of sp³-hybridized carbons (Fsp3) is 0.316. The first kappa shape index (κ1) is 14.6. The molecule has 1 saturated heterocycles. The summed E-state index contributed by atoms with van der Waals surface area (Å²) in [4.78, 5) is 14.6. The molecule has 114 valence electrons. The van der Waals surface area contributed by atoms with Crippen molar-refractivity contribution in [3.05, 3.63) is 65.7 Å². The van der Waals surface area contributed by atoms with Crippen LogP contribution < -0.4 is 5.32 Å². The zero-order valence-corrected chi connectivity index (χ0v) is 13.0. The smallest absolute Gasteiger partial charge is 0.317 e. The Labute approximate surface area is 132 Å². The van der Waals surface area contributed by atoms with E-state index in [0.717, 1.165) is 25.1 Å². The predicted molar refractivity (Wildman–Crippen MR) is 89.9 cm³/mol. The van der Waals surface area contributed by atoms with Crippen LogP contribution in [0.15, 0.2) is 54.6 Å². The Balaban J connectivity index is 1.75. The first-order valence-corrected chi connectivity index (χ1v) is 7.93. The van der Waals surface area contributed by atoms with E-state index in [1.54, 1.807) is 0 Å². The molecular formula is C19H22N2O. The second-order valence-electron chi connectivity index (χ2n) is 5.91. The number of nitrogens with zero attached hydrogens (tertiary/aromatic N) is 1. The second kappa shape index (κ2) is 6.65. The first-order valence-electron chi connectivity index (χ1n) is 7.93. The van der Waals surface area contributed by atoms with E-state index in [2.05, 4.69) is 17.4 Å². The highest BCUT2D eigenvalue weighted by Crippen LogP contribution is 2.31. The number of urea groups is 1. The van der Waals surface area contributed by atoms with Crippen molar-refractivity contribution in [2.75, 3.05) is 11.9 Å². The molecule has 2 amide bonds. The molecule has 1 aliphatic heterocycles. The lowest BCUT2D eigenvalue weighted by Crippen LogP contribution is -2.41. The Morgan fingerprint density at radius 2 is 1.77 bits per heavy atom. The summed E-state index contributed by atoms with van der Waals surface area (Å²) in [7, 11) is 0. The quantitative estimate of drug-likeness (QED) is 0.851. The van der Waals surface area contributed by atoms with E-state index in [1.807, 2.05) is 54.3 Å². The van der Waals surface area contributed by atoms with Gasteiger partial charge in [0.15, 0.2) is 0 Å².